The molecule has 0 bridgehead atoms. The molecule has 1 atom stereocenters. The van der Waals surface area contributed by atoms with Gasteiger partial charge < -0.3 is 15.4 Å². The Balaban J connectivity index is 2.60. The Hall–Kier alpha value is -2.82. The number of imide groups is 1. The number of benzene rings is 1. The van der Waals surface area contributed by atoms with Crippen LogP contribution in [0.2, 0.25) is 5.02 Å². The summed E-state index contributed by atoms with van der Waals surface area (Å²) in [4.78, 5) is 47.3. The van der Waals surface area contributed by atoms with Crippen molar-refractivity contribution in [2.24, 2.45) is 5.92 Å². The summed E-state index contributed by atoms with van der Waals surface area (Å²) in [5.74, 6) is -2.65. The molecule has 0 heterocycles. The van der Waals surface area contributed by atoms with Crippen LogP contribution in [0.3, 0.4) is 0 Å². The average Bonchev–Trinajstić information content (AvgIpc) is 2.63. The van der Waals surface area contributed by atoms with E-state index in [0.717, 1.165) is 0 Å². The Kier molecular flexibility index (Phi) is 9.57. The fourth-order valence-electron chi connectivity index (χ4n) is 2.15. The van der Waals surface area contributed by atoms with Gasteiger partial charge in [-0.1, -0.05) is 25.4 Å². The van der Waals surface area contributed by atoms with Crippen molar-refractivity contribution in [3.05, 3.63) is 34.9 Å². The number of urea groups is 1. The number of carbonyl (C=O) groups is 4. The summed E-state index contributed by atoms with van der Waals surface area (Å²) < 4.78 is 40.8. The molecule has 1 aromatic carbocycles. The molecule has 166 valence electrons. The standard InChI is InChI=1S/C18H21ClF3N3O5/c1-10(2)7-13(24-15(27)11-3-5-12(19)6-4-11)16(28)30-8-14(26)25-17(29)23-9-18(20,21)22/h3-6,10,13H,7-9H2,1-2H3,(H,24,27)(H2,23,25,26,29). The van der Waals surface area contributed by atoms with Gasteiger partial charge in [-0.15, -0.1) is 0 Å². The molecule has 1 unspecified atom stereocenters. The van der Waals surface area contributed by atoms with Crippen molar-refractivity contribution in [2.75, 3.05) is 13.2 Å². The lowest BCUT2D eigenvalue weighted by molar-refractivity contribution is -0.150. The molecule has 4 amide bonds. The van der Waals surface area contributed by atoms with Crippen molar-refractivity contribution >= 4 is 35.4 Å². The molecule has 0 aliphatic heterocycles. The largest absolute Gasteiger partial charge is 0.454 e. The van der Waals surface area contributed by atoms with Crippen molar-refractivity contribution in [1.29, 1.82) is 0 Å². The number of carbonyl (C=O) groups excluding carboxylic acids is 4. The van der Waals surface area contributed by atoms with Gasteiger partial charge in [-0.3, -0.25) is 14.9 Å². The fraction of sp³-hybridized carbons (Fsp3) is 0.444. The molecule has 1 aromatic rings. The first-order chi connectivity index (χ1) is 13.9. The molecule has 0 aliphatic rings. The highest BCUT2D eigenvalue weighted by atomic mass is 35.5. The Labute approximate surface area is 175 Å². The zero-order chi connectivity index (χ0) is 22.9. The lowest BCUT2D eigenvalue weighted by atomic mass is 10.0. The number of rotatable bonds is 8. The van der Waals surface area contributed by atoms with E-state index in [1.807, 2.05) is 0 Å². The maximum atomic E-state index is 12.3. The summed E-state index contributed by atoms with van der Waals surface area (Å²) in [6.07, 6.45) is -4.44. The number of hydrogen-bond donors (Lipinski definition) is 3. The molecule has 0 aromatic heterocycles. The van der Waals surface area contributed by atoms with Gasteiger partial charge in [0.05, 0.1) is 0 Å². The van der Waals surface area contributed by atoms with Crippen LogP contribution in [0.4, 0.5) is 18.0 Å². The van der Waals surface area contributed by atoms with Crippen molar-refractivity contribution < 1.29 is 37.1 Å². The average molecular weight is 452 g/mol. The minimum atomic E-state index is -4.64. The van der Waals surface area contributed by atoms with Crippen LogP contribution in [0.25, 0.3) is 0 Å². The van der Waals surface area contributed by atoms with Crippen LogP contribution in [0.1, 0.15) is 30.6 Å². The summed E-state index contributed by atoms with van der Waals surface area (Å²) in [5.41, 5.74) is 0.250. The Morgan fingerprint density at radius 3 is 2.23 bits per heavy atom. The van der Waals surface area contributed by atoms with Gasteiger partial charge in [0.1, 0.15) is 12.6 Å². The summed E-state index contributed by atoms with van der Waals surface area (Å²) in [6, 6.07) is 3.45. The highest BCUT2D eigenvalue weighted by Gasteiger charge is 2.28. The molecule has 8 nitrogen and oxygen atoms in total. The molecule has 3 N–H and O–H groups in total. The topological polar surface area (TPSA) is 114 Å². The number of hydrogen-bond acceptors (Lipinski definition) is 5. The Morgan fingerprint density at radius 2 is 1.70 bits per heavy atom. The minimum absolute atomic E-state index is 0.0185. The highest BCUT2D eigenvalue weighted by molar-refractivity contribution is 6.30. The lowest BCUT2D eigenvalue weighted by Gasteiger charge is -2.19. The first-order valence-electron chi connectivity index (χ1n) is 8.75. The van der Waals surface area contributed by atoms with E-state index in [0.29, 0.717) is 5.02 Å². The van der Waals surface area contributed by atoms with E-state index < -0.39 is 49.2 Å². The van der Waals surface area contributed by atoms with Crippen molar-refractivity contribution in [3.63, 3.8) is 0 Å². The third-order valence-corrected chi connectivity index (χ3v) is 3.70. The van der Waals surface area contributed by atoms with Gasteiger partial charge in [-0.05, 0) is 36.6 Å². The van der Waals surface area contributed by atoms with Crippen LogP contribution < -0.4 is 16.0 Å². The molecule has 0 fully saturated rings. The summed E-state index contributed by atoms with van der Waals surface area (Å²) in [7, 11) is 0. The number of amides is 4. The number of alkyl halides is 3. The zero-order valence-electron chi connectivity index (χ0n) is 16.1. The zero-order valence-corrected chi connectivity index (χ0v) is 16.9. The van der Waals surface area contributed by atoms with Gasteiger partial charge in [0.25, 0.3) is 11.8 Å². The normalized spacial score (nSPS) is 12.1. The third-order valence-electron chi connectivity index (χ3n) is 3.45. The van der Waals surface area contributed by atoms with Gasteiger partial charge in [-0.2, -0.15) is 13.2 Å². The van der Waals surface area contributed by atoms with Crippen LogP contribution in [0.15, 0.2) is 24.3 Å². The van der Waals surface area contributed by atoms with Gasteiger partial charge in [0.15, 0.2) is 6.61 Å². The molecule has 0 saturated heterocycles. The van der Waals surface area contributed by atoms with E-state index in [1.54, 1.807) is 19.2 Å². The van der Waals surface area contributed by atoms with Gasteiger partial charge in [0, 0.05) is 10.6 Å². The van der Waals surface area contributed by atoms with Crippen molar-refractivity contribution in [1.82, 2.24) is 16.0 Å². The lowest BCUT2D eigenvalue weighted by Crippen LogP contribution is -2.46. The quantitative estimate of drug-likeness (QED) is 0.525. The molecule has 0 saturated carbocycles. The molecule has 0 radical (unpaired) electrons. The van der Waals surface area contributed by atoms with E-state index in [1.165, 1.54) is 29.6 Å². The maximum absolute atomic E-state index is 12.3. The minimum Gasteiger partial charge on any atom is -0.454 e. The highest BCUT2D eigenvalue weighted by Crippen LogP contribution is 2.12. The van der Waals surface area contributed by atoms with Gasteiger partial charge in [0.2, 0.25) is 0 Å². The first kappa shape index (κ1) is 25.2. The summed E-state index contributed by atoms with van der Waals surface area (Å²) in [6.45, 7) is 1.06. The second kappa shape index (κ2) is 11.4. The smallest absolute Gasteiger partial charge is 0.405 e. The SMILES string of the molecule is CC(C)CC(NC(=O)c1ccc(Cl)cc1)C(=O)OCC(=O)NC(=O)NCC(F)(F)F. The monoisotopic (exact) mass is 451 g/mol. The predicted molar refractivity (Wildman–Crippen MR) is 101 cm³/mol. The maximum Gasteiger partial charge on any atom is 0.405 e. The molecular weight excluding hydrogens is 431 g/mol. The molecule has 12 heteroatoms. The molecule has 30 heavy (non-hydrogen) atoms. The van der Waals surface area contributed by atoms with E-state index >= 15 is 0 Å². The van der Waals surface area contributed by atoms with E-state index in [2.05, 4.69) is 5.32 Å². The van der Waals surface area contributed by atoms with Gasteiger partial charge in [-0.25, -0.2) is 9.59 Å². The molecule has 0 aliphatic carbocycles. The molecular formula is C18H21ClF3N3O5. The molecule has 0 spiro atoms. The second-order valence-corrected chi connectivity index (χ2v) is 7.05. The number of nitrogens with one attached hydrogen (secondary N) is 3. The molecule has 1 rings (SSSR count). The predicted octanol–water partition coefficient (Wildman–Crippen LogP) is 2.42. The Bertz CT molecular complexity index is 769. The fourth-order valence-corrected chi connectivity index (χ4v) is 2.28. The van der Waals surface area contributed by atoms with Crippen LogP contribution >= 0.6 is 11.6 Å². The van der Waals surface area contributed by atoms with Crippen LogP contribution in [-0.2, 0) is 14.3 Å². The van der Waals surface area contributed by atoms with Crippen LogP contribution in [0.5, 0.6) is 0 Å². The van der Waals surface area contributed by atoms with Crippen molar-refractivity contribution in [2.45, 2.75) is 32.5 Å². The van der Waals surface area contributed by atoms with Crippen molar-refractivity contribution in [3.8, 4) is 0 Å². The third kappa shape index (κ3) is 10.1. The first-order valence-corrected chi connectivity index (χ1v) is 9.12. The van der Waals surface area contributed by atoms with Crippen LogP contribution in [0, 0.1) is 5.92 Å². The Morgan fingerprint density at radius 1 is 1.10 bits per heavy atom. The van der Waals surface area contributed by atoms with Gasteiger partial charge >= 0.3 is 18.2 Å². The van der Waals surface area contributed by atoms with E-state index in [4.69, 9.17) is 16.3 Å². The number of halogens is 4. The number of ether oxygens (including phenoxy) is 1. The summed E-state index contributed by atoms with van der Waals surface area (Å²) in [5, 5.41) is 5.95. The summed E-state index contributed by atoms with van der Waals surface area (Å²) >= 11 is 5.76. The number of esters is 1. The second-order valence-electron chi connectivity index (χ2n) is 6.62. The van der Waals surface area contributed by atoms with Crippen LogP contribution in [-0.4, -0.2) is 49.2 Å². The van der Waals surface area contributed by atoms with E-state index in [9.17, 15) is 32.3 Å². The van der Waals surface area contributed by atoms with E-state index in [-0.39, 0.29) is 17.9 Å².